The van der Waals surface area contributed by atoms with Crippen molar-refractivity contribution < 1.29 is 32.2 Å². The molecular formula is C34H47ClFN3O6S. The van der Waals surface area contributed by atoms with Gasteiger partial charge in [-0.05, 0) is 60.2 Å². The number of aliphatic hydroxyl groups excluding tert-OH is 1. The molecule has 1 amide bonds. The van der Waals surface area contributed by atoms with Gasteiger partial charge in [-0.1, -0.05) is 56.3 Å². The third kappa shape index (κ3) is 13.3. The molecule has 9 nitrogen and oxygen atoms in total. The molecule has 3 aromatic rings. The van der Waals surface area contributed by atoms with Gasteiger partial charge in [0.1, 0.15) is 23.9 Å². The van der Waals surface area contributed by atoms with E-state index in [9.17, 15) is 22.7 Å². The lowest BCUT2D eigenvalue weighted by atomic mass is 10.00. The lowest BCUT2D eigenvalue weighted by Crippen LogP contribution is -2.49. The highest BCUT2D eigenvalue weighted by Gasteiger charge is 2.25. The van der Waals surface area contributed by atoms with E-state index in [-0.39, 0.29) is 44.2 Å². The van der Waals surface area contributed by atoms with Crippen molar-refractivity contribution in [3.05, 3.63) is 95.3 Å². The van der Waals surface area contributed by atoms with Gasteiger partial charge in [0.2, 0.25) is 15.9 Å². The monoisotopic (exact) mass is 679 g/mol. The minimum absolute atomic E-state index is 0. The number of sulfonamides is 1. The maximum atomic E-state index is 14.6. The summed E-state index contributed by atoms with van der Waals surface area (Å²) in [7, 11) is -2.04. The molecule has 0 aliphatic heterocycles. The Labute approximate surface area is 279 Å². The molecule has 254 valence electrons. The summed E-state index contributed by atoms with van der Waals surface area (Å²) in [6.07, 6.45) is 0.115. The molecule has 0 aliphatic rings. The number of ether oxygens (including phenoxy) is 2. The van der Waals surface area contributed by atoms with E-state index in [1.165, 1.54) is 16.4 Å². The molecule has 12 heteroatoms. The van der Waals surface area contributed by atoms with Crippen LogP contribution in [0.5, 0.6) is 11.5 Å². The van der Waals surface area contributed by atoms with E-state index >= 15 is 0 Å². The van der Waals surface area contributed by atoms with Gasteiger partial charge in [-0.3, -0.25) is 4.79 Å². The summed E-state index contributed by atoms with van der Waals surface area (Å²) in [5.74, 6) is -0.331. The van der Waals surface area contributed by atoms with Crippen molar-refractivity contribution in [2.45, 2.75) is 64.8 Å². The molecule has 0 aromatic heterocycles. The first-order valence-corrected chi connectivity index (χ1v) is 17.0. The molecule has 0 aliphatic carbocycles. The number of carbonyl (C=O) groups is 1. The minimum Gasteiger partial charge on any atom is -0.497 e. The molecule has 0 heterocycles. The van der Waals surface area contributed by atoms with E-state index in [0.29, 0.717) is 49.5 Å². The zero-order valence-electron chi connectivity index (χ0n) is 26.8. The van der Waals surface area contributed by atoms with Crippen LogP contribution >= 0.6 is 12.4 Å². The lowest BCUT2D eigenvalue weighted by molar-refractivity contribution is -0.122. The zero-order valence-corrected chi connectivity index (χ0v) is 28.4. The smallest absolute Gasteiger partial charge is 0.221 e. The predicted molar refractivity (Wildman–Crippen MR) is 181 cm³/mol. The molecule has 0 bridgehead atoms. The van der Waals surface area contributed by atoms with E-state index in [1.807, 2.05) is 68.4 Å². The number of methoxy groups -OCH3 is 1. The fourth-order valence-electron chi connectivity index (χ4n) is 4.91. The van der Waals surface area contributed by atoms with Gasteiger partial charge < -0.3 is 25.2 Å². The lowest BCUT2D eigenvalue weighted by Gasteiger charge is -2.26. The Morgan fingerprint density at radius 2 is 1.61 bits per heavy atom. The number of amides is 1. The molecule has 3 aromatic carbocycles. The Kier molecular flexibility index (Phi) is 17.0. The molecular weight excluding hydrogens is 633 g/mol. The summed E-state index contributed by atoms with van der Waals surface area (Å²) >= 11 is 0. The SMILES string of the molecule is CCCN(CCC)S(=O)(=O)CCC(=O)N[C@@H](Cc1cc(F)cc(OCc2ccccc2)c1)[C@H](O)CNCc1cccc(OC)c1.Cl. The molecule has 0 fully saturated rings. The Balaban J connectivity index is 0.00000736. The maximum absolute atomic E-state index is 14.6. The average Bonchev–Trinajstić information content (AvgIpc) is 3.03. The van der Waals surface area contributed by atoms with Gasteiger partial charge in [-0.15, -0.1) is 12.4 Å². The van der Waals surface area contributed by atoms with Crippen molar-refractivity contribution in [2.75, 3.05) is 32.5 Å². The van der Waals surface area contributed by atoms with Crippen molar-refractivity contribution in [1.29, 1.82) is 0 Å². The van der Waals surface area contributed by atoms with Crippen LogP contribution < -0.4 is 20.1 Å². The van der Waals surface area contributed by atoms with Crippen LogP contribution in [0.15, 0.2) is 72.8 Å². The van der Waals surface area contributed by atoms with Gasteiger partial charge in [0.25, 0.3) is 0 Å². The summed E-state index contributed by atoms with van der Waals surface area (Å²) in [5.41, 5.74) is 2.39. The predicted octanol–water partition coefficient (Wildman–Crippen LogP) is 4.86. The summed E-state index contributed by atoms with van der Waals surface area (Å²) in [6, 6.07) is 20.5. The first kappa shape index (κ1) is 39.0. The Hall–Kier alpha value is -3.22. The molecule has 46 heavy (non-hydrogen) atoms. The molecule has 0 saturated carbocycles. The number of rotatable bonds is 20. The number of hydrogen-bond donors (Lipinski definition) is 3. The number of nitrogens with zero attached hydrogens (tertiary/aromatic N) is 1. The van der Waals surface area contributed by atoms with Gasteiger partial charge in [0.15, 0.2) is 0 Å². The third-order valence-electron chi connectivity index (χ3n) is 7.19. The minimum atomic E-state index is -3.63. The Morgan fingerprint density at radius 3 is 2.28 bits per heavy atom. The summed E-state index contributed by atoms with van der Waals surface area (Å²) in [5, 5.41) is 17.2. The molecule has 0 unspecified atom stereocenters. The van der Waals surface area contributed by atoms with Crippen LogP contribution in [0.3, 0.4) is 0 Å². The molecule has 0 spiro atoms. The van der Waals surface area contributed by atoms with Crippen molar-refractivity contribution in [2.24, 2.45) is 0 Å². The molecule has 3 N–H and O–H groups in total. The average molecular weight is 680 g/mol. The number of halogens is 2. The highest BCUT2D eigenvalue weighted by atomic mass is 35.5. The van der Waals surface area contributed by atoms with E-state index in [0.717, 1.165) is 11.1 Å². The number of hydrogen-bond acceptors (Lipinski definition) is 7. The molecule has 0 radical (unpaired) electrons. The maximum Gasteiger partial charge on any atom is 0.221 e. The summed E-state index contributed by atoms with van der Waals surface area (Å²) in [6.45, 7) is 5.41. The van der Waals surface area contributed by atoms with Crippen LogP contribution in [-0.2, 0) is 34.4 Å². The first-order chi connectivity index (χ1) is 21.6. The van der Waals surface area contributed by atoms with Gasteiger partial charge in [0.05, 0.1) is 25.0 Å². The number of benzene rings is 3. The molecule has 3 rings (SSSR count). The Bertz CT molecular complexity index is 1440. The largest absolute Gasteiger partial charge is 0.497 e. The fourth-order valence-corrected chi connectivity index (χ4v) is 6.53. The second-order valence-electron chi connectivity index (χ2n) is 11.0. The highest BCUT2D eigenvalue weighted by Crippen LogP contribution is 2.20. The van der Waals surface area contributed by atoms with Crippen LogP contribution in [0.25, 0.3) is 0 Å². The van der Waals surface area contributed by atoms with Crippen molar-refractivity contribution in [3.63, 3.8) is 0 Å². The van der Waals surface area contributed by atoms with E-state index in [4.69, 9.17) is 9.47 Å². The van der Waals surface area contributed by atoms with Crippen molar-refractivity contribution >= 4 is 28.3 Å². The second-order valence-corrected chi connectivity index (χ2v) is 13.1. The molecule has 0 saturated heterocycles. The van der Waals surface area contributed by atoms with Crippen molar-refractivity contribution in [1.82, 2.24) is 14.9 Å². The van der Waals surface area contributed by atoms with Crippen LogP contribution in [-0.4, -0.2) is 68.4 Å². The Morgan fingerprint density at radius 1 is 0.935 bits per heavy atom. The third-order valence-corrected chi connectivity index (χ3v) is 9.06. The van der Waals surface area contributed by atoms with Crippen LogP contribution in [0, 0.1) is 5.82 Å². The topological polar surface area (TPSA) is 117 Å². The van der Waals surface area contributed by atoms with Crippen LogP contribution in [0.4, 0.5) is 4.39 Å². The standard InChI is InChI=1S/C34H46FN3O6S.ClH/c1-4-15-38(16-5-2)45(41,42)17-14-34(40)37-32(33(39)24-36-23-27-12-9-13-30(19-27)43-3)21-28-18-29(35)22-31(20-28)44-25-26-10-7-6-8-11-26;/h6-13,18-20,22,32-33,36,39H,4-5,14-17,21,23-25H2,1-3H3,(H,37,40);1H/t32-,33+;/m0./s1. The van der Waals surface area contributed by atoms with Gasteiger partial charge in [0, 0.05) is 38.7 Å². The van der Waals surface area contributed by atoms with Gasteiger partial charge in [-0.2, -0.15) is 0 Å². The molecule has 2 atom stereocenters. The first-order valence-electron chi connectivity index (χ1n) is 15.4. The quantitative estimate of drug-likeness (QED) is 0.156. The van der Waals surface area contributed by atoms with E-state index in [2.05, 4.69) is 10.6 Å². The van der Waals surface area contributed by atoms with Crippen molar-refractivity contribution in [3.8, 4) is 11.5 Å². The van der Waals surface area contributed by atoms with E-state index < -0.39 is 33.9 Å². The fraction of sp³-hybridized carbons (Fsp3) is 0.441. The highest BCUT2D eigenvalue weighted by molar-refractivity contribution is 7.89. The normalized spacial score (nSPS) is 12.7. The number of nitrogens with one attached hydrogen (secondary N) is 2. The van der Waals surface area contributed by atoms with Crippen LogP contribution in [0.1, 0.15) is 49.8 Å². The zero-order chi connectivity index (χ0) is 32.7. The van der Waals surface area contributed by atoms with E-state index in [1.54, 1.807) is 13.2 Å². The number of aliphatic hydroxyl groups is 1. The summed E-state index contributed by atoms with van der Waals surface area (Å²) < 4.78 is 53.0. The second kappa shape index (κ2) is 20.1. The van der Waals surface area contributed by atoms with Gasteiger partial charge >= 0.3 is 0 Å². The number of carbonyl (C=O) groups excluding carboxylic acids is 1. The van der Waals surface area contributed by atoms with Crippen LogP contribution in [0.2, 0.25) is 0 Å². The summed E-state index contributed by atoms with van der Waals surface area (Å²) in [4.78, 5) is 13.1. The van der Waals surface area contributed by atoms with Gasteiger partial charge in [-0.25, -0.2) is 17.1 Å².